The summed E-state index contributed by atoms with van der Waals surface area (Å²) >= 11 is 0. The van der Waals surface area contributed by atoms with Crippen molar-refractivity contribution in [3.05, 3.63) is 119 Å². The maximum atomic E-state index is 6.21. The molecule has 0 bridgehead atoms. The van der Waals surface area contributed by atoms with Gasteiger partial charge in [0.15, 0.2) is 23.0 Å². The minimum absolute atomic E-state index is 0.162. The first-order valence-corrected chi connectivity index (χ1v) is 12.7. The molecular weight excluding hydrogens is 462 g/mol. The molecule has 4 aromatic carbocycles. The second-order valence-electron chi connectivity index (χ2n) is 9.20. The molecule has 1 heterocycles. The van der Waals surface area contributed by atoms with Crippen molar-refractivity contribution in [3.63, 3.8) is 0 Å². The molecule has 0 radical (unpaired) electrons. The molecule has 0 unspecified atom stereocenters. The molecule has 1 aliphatic heterocycles. The summed E-state index contributed by atoms with van der Waals surface area (Å²) < 4.78 is 23.6. The van der Waals surface area contributed by atoms with Crippen LogP contribution in [0.1, 0.15) is 33.9 Å². The van der Waals surface area contributed by atoms with Crippen molar-refractivity contribution >= 4 is 0 Å². The summed E-state index contributed by atoms with van der Waals surface area (Å²) in [5.74, 6) is 3.03. The minimum atomic E-state index is 0.162. The van der Waals surface area contributed by atoms with Gasteiger partial charge in [0, 0.05) is 6.04 Å². The van der Waals surface area contributed by atoms with Gasteiger partial charge in [-0.25, -0.2) is 0 Å². The van der Waals surface area contributed by atoms with Gasteiger partial charge < -0.3 is 24.3 Å². The molecule has 5 heteroatoms. The molecule has 4 aromatic rings. The van der Waals surface area contributed by atoms with Crippen molar-refractivity contribution < 1.29 is 18.9 Å². The van der Waals surface area contributed by atoms with E-state index in [1.807, 2.05) is 42.5 Å². The highest BCUT2D eigenvalue weighted by molar-refractivity contribution is 5.50. The van der Waals surface area contributed by atoms with Crippen molar-refractivity contribution in [2.24, 2.45) is 0 Å². The standard InChI is InChI=1S/C32H33NO4/c1-34-30-18-25(13-14-29(30)36-21-23-9-5-3-6-10-23)17-28-27-20-32(37-22-24-11-7-4-8-12-24)31(35-2)19-26(27)15-16-33-28/h3-14,18-20,28,33H,15-17,21-22H2,1-2H3/t28-/m0/s1. The summed E-state index contributed by atoms with van der Waals surface area (Å²) in [6, 6.07) is 31.0. The summed E-state index contributed by atoms with van der Waals surface area (Å²) in [5.41, 5.74) is 5.97. The molecule has 37 heavy (non-hydrogen) atoms. The average Bonchev–Trinajstić information content (AvgIpc) is 2.96. The lowest BCUT2D eigenvalue weighted by Crippen LogP contribution is -2.31. The van der Waals surface area contributed by atoms with Gasteiger partial charge in [0.05, 0.1) is 14.2 Å². The molecule has 0 spiro atoms. The zero-order valence-electron chi connectivity index (χ0n) is 21.4. The minimum Gasteiger partial charge on any atom is -0.493 e. The third-order valence-electron chi connectivity index (χ3n) is 6.73. The van der Waals surface area contributed by atoms with E-state index in [0.717, 1.165) is 53.5 Å². The fourth-order valence-electron chi connectivity index (χ4n) is 4.77. The maximum absolute atomic E-state index is 6.21. The molecule has 0 aromatic heterocycles. The number of methoxy groups -OCH3 is 2. The molecule has 0 saturated carbocycles. The summed E-state index contributed by atoms with van der Waals surface area (Å²) in [7, 11) is 3.38. The van der Waals surface area contributed by atoms with E-state index in [4.69, 9.17) is 18.9 Å². The summed E-state index contributed by atoms with van der Waals surface area (Å²) in [6.45, 7) is 1.91. The Morgan fingerprint density at radius 1 is 0.649 bits per heavy atom. The predicted octanol–water partition coefficient (Wildman–Crippen LogP) is 6.29. The molecule has 0 amide bonds. The monoisotopic (exact) mass is 495 g/mol. The lowest BCUT2D eigenvalue weighted by molar-refractivity contribution is 0.283. The van der Waals surface area contributed by atoms with E-state index >= 15 is 0 Å². The summed E-state index contributed by atoms with van der Waals surface area (Å²) in [4.78, 5) is 0. The molecule has 1 N–H and O–H groups in total. The quantitative estimate of drug-likeness (QED) is 0.280. The molecule has 0 aliphatic carbocycles. The van der Waals surface area contributed by atoms with Crippen LogP contribution in [0.3, 0.4) is 0 Å². The van der Waals surface area contributed by atoms with Gasteiger partial charge in [0.1, 0.15) is 13.2 Å². The fraction of sp³-hybridized carbons (Fsp3) is 0.250. The Bertz CT molecular complexity index is 1310. The Morgan fingerprint density at radius 2 is 1.27 bits per heavy atom. The highest BCUT2D eigenvalue weighted by Crippen LogP contribution is 2.38. The van der Waals surface area contributed by atoms with E-state index in [1.165, 1.54) is 16.7 Å². The molecule has 0 saturated heterocycles. The van der Waals surface area contributed by atoms with Gasteiger partial charge in [-0.05, 0) is 71.5 Å². The van der Waals surface area contributed by atoms with Gasteiger partial charge >= 0.3 is 0 Å². The lowest BCUT2D eigenvalue weighted by atomic mass is 9.89. The Balaban J connectivity index is 1.33. The summed E-state index contributed by atoms with van der Waals surface area (Å²) in [5, 5.41) is 3.69. The third kappa shape index (κ3) is 6.07. The molecule has 190 valence electrons. The zero-order valence-corrected chi connectivity index (χ0v) is 21.4. The van der Waals surface area contributed by atoms with Crippen LogP contribution in [0.2, 0.25) is 0 Å². The van der Waals surface area contributed by atoms with Gasteiger partial charge in [0.25, 0.3) is 0 Å². The number of ether oxygens (including phenoxy) is 4. The Hall–Kier alpha value is -3.96. The van der Waals surface area contributed by atoms with E-state index in [9.17, 15) is 0 Å². The number of hydrogen-bond donors (Lipinski definition) is 1. The molecule has 0 fully saturated rings. The van der Waals surface area contributed by atoms with Crippen LogP contribution in [0, 0.1) is 0 Å². The number of hydrogen-bond acceptors (Lipinski definition) is 5. The van der Waals surface area contributed by atoms with Crippen molar-refractivity contribution in [1.29, 1.82) is 0 Å². The molecular formula is C32H33NO4. The van der Waals surface area contributed by atoms with E-state index in [0.29, 0.717) is 13.2 Å². The van der Waals surface area contributed by atoms with E-state index in [2.05, 4.69) is 53.8 Å². The second kappa shape index (κ2) is 11.8. The first kappa shape index (κ1) is 24.7. The largest absolute Gasteiger partial charge is 0.493 e. The van der Waals surface area contributed by atoms with Crippen LogP contribution in [-0.2, 0) is 26.1 Å². The van der Waals surface area contributed by atoms with E-state index in [1.54, 1.807) is 14.2 Å². The highest BCUT2D eigenvalue weighted by atomic mass is 16.5. The van der Waals surface area contributed by atoms with Gasteiger partial charge in [-0.15, -0.1) is 0 Å². The Kier molecular flexibility index (Phi) is 7.92. The first-order chi connectivity index (χ1) is 18.2. The smallest absolute Gasteiger partial charge is 0.162 e. The van der Waals surface area contributed by atoms with Crippen molar-refractivity contribution in [3.8, 4) is 23.0 Å². The van der Waals surface area contributed by atoms with Crippen molar-refractivity contribution in [1.82, 2.24) is 5.32 Å². The fourth-order valence-corrected chi connectivity index (χ4v) is 4.77. The zero-order chi connectivity index (χ0) is 25.5. The third-order valence-corrected chi connectivity index (χ3v) is 6.73. The van der Waals surface area contributed by atoms with Crippen molar-refractivity contribution in [2.75, 3.05) is 20.8 Å². The van der Waals surface area contributed by atoms with Crippen LogP contribution < -0.4 is 24.3 Å². The normalized spacial score (nSPS) is 14.5. The van der Waals surface area contributed by atoms with Gasteiger partial charge in [0.2, 0.25) is 0 Å². The van der Waals surface area contributed by atoms with Crippen LogP contribution in [0.5, 0.6) is 23.0 Å². The Labute approximate surface area is 219 Å². The number of nitrogens with one attached hydrogen (secondary N) is 1. The molecule has 1 atom stereocenters. The van der Waals surface area contributed by atoms with Crippen LogP contribution in [0.4, 0.5) is 0 Å². The van der Waals surface area contributed by atoms with Crippen LogP contribution in [0.15, 0.2) is 91.0 Å². The summed E-state index contributed by atoms with van der Waals surface area (Å²) in [6.07, 6.45) is 1.78. The van der Waals surface area contributed by atoms with Gasteiger partial charge in [-0.2, -0.15) is 0 Å². The molecule has 1 aliphatic rings. The number of benzene rings is 4. The van der Waals surface area contributed by atoms with E-state index in [-0.39, 0.29) is 6.04 Å². The highest BCUT2D eigenvalue weighted by Gasteiger charge is 2.23. The molecule has 5 rings (SSSR count). The van der Waals surface area contributed by atoms with Crippen LogP contribution >= 0.6 is 0 Å². The Morgan fingerprint density at radius 3 is 1.92 bits per heavy atom. The van der Waals surface area contributed by atoms with Gasteiger partial charge in [-0.3, -0.25) is 0 Å². The first-order valence-electron chi connectivity index (χ1n) is 12.7. The van der Waals surface area contributed by atoms with Crippen molar-refractivity contribution in [2.45, 2.75) is 32.1 Å². The number of fused-ring (bicyclic) bond motifs is 1. The van der Waals surface area contributed by atoms with E-state index < -0.39 is 0 Å². The number of rotatable bonds is 10. The lowest BCUT2D eigenvalue weighted by Gasteiger charge is -2.28. The van der Waals surface area contributed by atoms with Crippen LogP contribution in [-0.4, -0.2) is 20.8 Å². The molecule has 5 nitrogen and oxygen atoms in total. The van der Waals surface area contributed by atoms with Gasteiger partial charge in [-0.1, -0.05) is 66.7 Å². The predicted molar refractivity (Wildman–Crippen MR) is 146 cm³/mol. The SMILES string of the molecule is COc1cc(C[C@@H]2NCCc3cc(OC)c(OCc4ccccc4)cc32)ccc1OCc1ccccc1. The second-order valence-corrected chi connectivity index (χ2v) is 9.20. The maximum Gasteiger partial charge on any atom is 0.162 e. The topological polar surface area (TPSA) is 49.0 Å². The van der Waals surface area contributed by atoms with Crippen LogP contribution in [0.25, 0.3) is 0 Å². The average molecular weight is 496 g/mol.